The van der Waals surface area contributed by atoms with Gasteiger partial charge in [-0.25, -0.2) is 0 Å². The van der Waals surface area contributed by atoms with E-state index < -0.39 is 29.6 Å². The van der Waals surface area contributed by atoms with Gasteiger partial charge in [0.05, 0.1) is 26.2 Å². The van der Waals surface area contributed by atoms with Gasteiger partial charge < -0.3 is 44.7 Å². The highest BCUT2D eigenvalue weighted by Crippen LogP contribution is 2.03. The number of rotatable bonds is 4. The summed E-state index contributed by atoms with van der Waals surface area (Å²) in [5.74, 6) is 0. The molecule has 0 radical (unpaired) electrons. The molecule has 0 aliphatic carbocycles. The minimum absolute atomic E-state index is 1.28. The molecule has 0 rings (SSSR count). The minimum Gasteiger partial charge on any atom is -0.398 e. The van der Waals surface area contributed by atoms with Gasteiger partial charge in [-0.05, 0) is 27.7 Å². The molecule has 25 heavy (non-hydrogen) atoms. The van der Waals surface area contributed by atoms with Crippen LogP contribution in [-0.4, -0.2) is 100 Å². The van der Waals surface area contributed by atoms with Crippen LogP contribution in [0.2, 0.25) is 0 Å². The Labute approximate surface area is 146 Å². The Hall–Kier alpha value is -0.380. The zero-order valence-corrected chi connectivity index (χ0v) is 14.7. The topological polar surface area (TPSA) is 162 Å². The van der Waals surface area contributed by atoms with Gasteiger partial charge in [-0.2, -0.15) is 0 Å². The summed E-state index contributed by atoms with van der Waals surface area (Å²) in [5, 5.41) is 55.6. The molecule has 152 valence electrons. The highest BCUT2D eigenvalue weighted by molar-refractivity contribution is 6.32. The van der Waals surface area contributed by atoms with Crippen LogP contribution >= 0.6 is 0 Å². The van der Waals surface area contributed by atoms with E-state index in [9.17, 15) is 17.3 Å². The zero-order valence-electron chi connectivity index (χ0n) is 14.7. The average Bonchev–Trinajstić information content (AvgIpc) is 2.39. The van der Waals surface area contributed by atoms with Crippen molar-refractivity contribution in [3.05, 3.63) is 0 Å². The van der Waals surface area contributed by atoms with Gasteiger partial charge in [0.15, 0.2) is 0 Å². The fraction of sp³-hybridized carbons (Fsp3) is 1.00. The molecule has 0 fully saturated rings. The normalized spacial score (nSPS) is 8.64. The molecule has 0 heterocycles. The van der Waals surface area contributed by atoms with Crippen molar-refractivity contribution >= 4 is 29.6 Å². The summed E-state index contributed by atoms with van der Waals surface area (Å²) in [6, 6.07) is 0. The first kappa shape index (κ1) is 35.7. The third-order valence-electron chi connectivity index (χ3n) is 2.68. The van der Waals surface area contributed by atoms with Crippen molar-refractivity contribution in [3.63, 3.8) is 0 Å². The molecule has 0 saturated heterocycles. The Morgan fingerprint density at radius 3 is 0.560 bits per heavy atom. The molecule has 0 saturated carbocycles. The fourth-order valence-electron chi connectivity index (χ4n) is 1.34. The number of hydrogen-bond donors (Lipinski definition) is 8. The summed E-state index contributed by atoms with van der Waals surface area (Å²) >= 11 is 0. The number of nitrogens with zero attached hydrogens (tertiary/aromatic N) is 1. The molecular formula is C8H28B4F4NO8+. The zero-order chi connectivity index (χ0) is 21.6. The van der Waals surface area contributed by atoms with Crippen molar-refractivity contribution in [2.75, 3.05) is 26.2 Å². The van der Waals surface area contributed by atoms with Crippen molar-refractivity contribution in [1.82, 2.24) is 0 Å². The van der Waals surface area contributed by atoms with E-state index in [1.807, 2.05) is 0 Å². The molecule has 0 unspecified atom stereocenters. The third-order valence-corrected chi connectivity index (χ3v) is 2.68. The quantitative estimate of drug-likeness (QED) is 0.151. The van der Waals surface area contributed by atoms with Gasteiger partial charge in [0.2, 0.25) is 0 Å². The molecule has 0 spiro atoms. The van der Waals surface area contributed by atoms with E-state index in [0.29, 0.717) is 0 Å². The van der Waals surface area contributed by atoms with Crippen molar-refractivity contribution in [2.24, 2.45) is 0 Å². The minimum atomic E-state index is -2.67. The van der Waals surface area contributed by atoms with Crippen LogP contribution in [0.1, 0.15) is 27.7 Å². The van der Waals surface area contributed by atoms with Crippen LogP contribution in [-0.2, 0) is 0 Å². The van der Waals surface area contributed by atoms with Crippen LogP contribution < -0.4 is 0 Å². The summed E-state index contributed by atoms with van der Waals surface area (Å²) in [4.78, 5) is 0. The van der Waals surface area contributed by atoms with E-state index in [0.717, 1.165) is 0 Å². The Morgan fingerprint density at radius 2 is 0.560 bits per heavy atom. The summed E-state index contributed by atoms with van der Waals surface area (Å²) in [6.07, 6.45) is 0. The SMILES string of the molecule is CC[N+](CC)(CC)CC.OB(O)F.OB(O)F.OB(O)F.OB(O)F. The lowest BCUT2D eigenvalue weighted by Gasteiger charge is -2.34. The first-order valence-corrected chi connectivity index (χ1v) is 7.03. The largest absolute Gasteiger partial charge is 0.674 e. The highest BCUT2D eigenvalue weighted by atomic mass is 19.1. The molecule has 0 aromatic rings. The van der Waals surface area contributed by atoms with Crippen molar-refractivity contribution in [2.45, 2.75) is 27.7 Å². The van der Waals surface area contributed by atoms with E-state index in [2.05, 4.69) is 27.7 Å². The molecule has 0 aromatic carbocycles. The molecular weight excluding hydrogens is 357 g/mol. The lowest BCUT2D eigenvalue weighted by molar-refractivity contribution is -0.921. The number of halogens is 4. The van der Waals surface area contributed by atoms with E-state index in [-0.39, 0.29) is 0 Å². The van der Waals surface area contributed by atoms with Crippen LogP contribution in [0, 0.1) is 0 Å². The predicted octanol–water partition coefficient (Wildman–Crippen LogP) is -2.42. The number of quaternary nitrogens is 1. The average molecular weight is 386 g/mol. The standard InChI is InChI=1S/C8H20N.4BFH2O2/c1-5-9(6-2,7-3)8-4;4*2-1(3)4/h5-8H2,1-4H3;4*3-4H/q+1;;;;. The summed E-state index contributed by atoms with van der Waals surface area (Å²) in [6.45, 7) is 14.2. The molecule has 9 nitrogen and oxygen atoms in total. The molecule has 0 atom stereocenters. The van der Waals surface area contributed by atoms with Gasteiger partial charge >= 0.3 is 29.6 Å². The predicted molar refractivity (Wildman–Crippen MR) is 87.6 cm³/mol. The molecule has 0 aliphatic rings. The van der Waals surface area contributed by atoms with Crippen LogP contribution in [0.5, 0.6) is 0 Å². The fourth-order valence-corrected chi connectivity index (χ4v) is 1.34. The van der Waals surface area contributed by atoms with Crippen LogP contribution in [0.25, 0.3) is 0 Å². The van der Waals surface area contributed by atoms with Crippen LogP contribution in [0.4, 0.5) is 17.3 Å². The Morgan fingerprint density at radius 1 is 0.480 bits per heavy atom. The Bertz CT molecular complexity index is 182. The van der Waals surface area contributed by atoms with Gasteiger partial charge in [0.1, 0.15) is 0 Å². The van der Waals surface area contributed by atoms with Crippen molar-refractivity contribution < 1.29 is 61.9 Å². The molecule has 0 amide bonds. The molecule has 0 aliphatic heterocycles. The second-order valence-electron chi connectivity index (χ2n) is 3.85. The third kappa shape index (κ3) is 81.8. The van der Waals surface area contributed by atoms with Gasteiger partial charge in [-0.1, -0.05) is 0 Å². The van der Waals surface area contributed by atoms with Crippen molar-refractivity contribution in [1.29, 1.82) is 0 Å². The van der Waals surface area contributed by atoms with Crippen LogP contribution in [0.15, 0.2) is 0 Å². The lowest BCUT2D eigenvalue weighted by atomic mass is 10.3. The maximum atomic E-state index is 10.1. The van der Waals surface area contributed by atoms with Gasteiger partial charge in [-0.15, -0.1) is 0 Å². The van der Waals surface area contributed by atoms with E-state index in [1.54, 1.807) is 0 Å². The Balaban J connectivity index is -0.0000000714. The maximum Gasteiger partial charge on any atom is 0.674 e. The maximum absolute atomic E-state index is 10.1. The van der Waals surface area contributed by atoms with Crippen molar-refractivity contribution in [3.8, 4) is 0 Å². The molecule has 17 heteroatoms. The van der Waals surface area contributed by atoms with Crippen LogP contribution in [0.3, 0.4) is 0 Å². The first-order valence-electron chi connectivity index (χ1n) is 7.03. The van der Waals surface area contributed by atoms with E-state index in [1.165, 1.54) is 30.7 Å². The Kier molecular flexibility index (Phi) is 36.9. The second kappa shape index (κ2) is 25.9. The van der Waals surface area contributed by atoms with Gasteiger partial charge in [-0.3, -0.25) is 17.3 Å². The molecule has 0 aromatic heterocycles. The van der Waals surface area contributed by atoms with Gasteiger partial charge in [0.25, 0.3) is 0 Å². The summed E-state index contributed by atoms with van der Waals surface area (Å²) in [7, 11) is -10.7. The van der Waals surface area contributed by atoms with E-state index in [4.69, 9.17) is 40.2 Å². The van der Waals surface area contributed by atoms with E-state index >= 15 is 0 Å². The monoisotopic (exact) mass is 386 g/mol. The highest BCUT2D eigenvalue weighted by Gasteiger charge is 2.16. The molecule has 8 N–H and O–H groups in total. The smallest absolute Gasteiger partial charge is 0.398 e. The lowest BCUT2D eigenvalue weighted by Crippen LogP contribution is -2.47. The summed E-state index contributed by atoms with van der Waals surface area (Å²) < 4.78 is 41.7. The summed E-state index contributed by atoms with van der Waals surface area (Å²) in [5.41, 5.74) is 0. The van der Waals surface area contributed by atoms with Gasteiger partial charge in [0, 0.05) is 0 Å². The second-order valence-corrected chi connectivity index (χ2v) is 3.85. The first-order chi connectivity index (χ1) is 11.2. The number of hydrogen-bond acceptors (Lipinski definition) is 8. The molecule has 0 bridgehead atoms.